The molecule has 1 N–H and O–H groups in total. The van der Waals surface area contributed by atoms with Gasteiger partial charge in [0.15, 0.2) is 0 Å². The number of urea groups is 1. The minimum absolute atomic E-state index is 0.0487. The molecule has 4 nitrogen and oxygen atoms in total. The molecule has 70 valence electrons. The fourth-order valence-corrected chi connectivity index (χ4v) is 2.54. The monoisotopic (exact) mass is 188 g/mol. The number of hydrogen-bond donors (Lipinski definition) is 1. The Morgan fingerprint density at radius 3 is 2.75 bits per heavy atom. The standard InChI is InChI=1S/C7H16N2O2Si/c1-11-12(2,3)6-9-5-4-8-7(9)10/h4-6H2,1-3H3,(H,8,10). The smallest absolute Gasteiger partial charge is 0.317 e. The van der Waals surface area contributed by atoms with Crippen LogP contribution in [0.4, 0.5) is 4.79 Å². The van der Waals surface area contributed by atoms with Gasteiger partial charge >= 0.3 is 6.03 Å². The van der Waals surface area contributed by atoms with Crippen LogP contribution in [0.15, 0.2) is 0 Å². The number of amides is 2. The Bertz CT molecular complexity index is 184. The molecule has 0 aromatic rings. The van der Waals surface area contributed by atoms with Crippen molar-refractivity contribution in [2.75, 3.05) is 26.4 Å². The lowest BCUT2D eigenvalue weighted by Gasteiger charge is -2.25. The molecular weight excluding hydrogens is 172 g/mol. The van der Waals surface area contributed by atoms with Gasteiger partial charge in [0.05, 0.1) is 0 Å². The van der Waals surface area contributed by atoms with Crippen molar-refractivity contribution < 1.29 is 9.22 Å². The molecule has 1 saturated heterocycles. The van der Waals surface area contributed by atoms with Crippen LogP contribution in [0.2, 0.25) is 13.1 Å². The second kappa shape index (κ2) is 3.45. The molecule has 0 spiro atoms. The fourth-order valence-electron chi connectivity index (χ4n) is 1.19. The fraction of sp³-hybridized carbons (Fsp3) is 0.857. The van der Waals surface area contributed by atoms with E-state index >= 15 is 0 Å². The SMILES string of the molecule is CO[Si](C)(C)CN1CCNC1=O. The minimum Gasteiger partial charge on any atom is -0.419 e. The van der Waals surface area contributed by atoms with E-state index in [-0.39, 0.29) is 6.03 Å². The third-order valence-corrected chi connectivity index (χ3v) is 4.32. The van der Waals surface area contributed by atoms with Gasteiger partial charge in [-0.3, -0.25) is 0 Å². The predicted molar refractivity (Wildman–Crippen MR) is 49.5 cm³/mol. The highest BCUT2D eigenvalue weighted by molar-refractivity contribution is 6.71. The summed E-state index contributed by atoms with van der Waals surface area (Å²) >= 11 is 0. The summed E-state index contributed by atoms with van der Waals surface area (Å²) in [6.45, 7) is 5.81. The van der Waals surface area contributed by atoms with Crippen molar-refractivity contribution in [3.8, 4) is 0 Å². The van der Waals surface area contributed by atoms with Crippen molar-refractivity contribution in [1.29, 1.82) is 0 Å². The lowest BCUT2D eigenvalue weighted by Crippen LogP contribution is -2.45. The van der Waals surface area contributed by atoms with Gasteiger partial charge in [0.1, 0.15) is 0 Å². The normalized spacial score (nSPS) is 18.2. The van der Waals surface area contributed by atoms with Crippen LogP contribution in [0.1, 0.15) is 0 Å². The van der Waals surface area contributed by atoms with Crippen molar-refractivity contribution in [3.63, 3.8) is 0 Å². The molecule has 0 aromatic heterocycles. The quantitative estimate of drug-likeness (QED) is 0.651. The van der Waals surface area contributed by atoms with Crippen molar-refractivity contribution in [2.45, 2.75) is 13.1 Å². The van der Waals surface area contributed by atoms with Crippen molar-refractivity contribution in [3.05, 3.63) is 0 Å². The van der Waals surface area contributed by atoms with E-state index in [9.17, 15) is 4.79 Å². The summed E-state index contributed by atoms with van der Waals surface area (Å²) in [5.74, 6) is 0. The molecule has 0 bridgehead atoms. The topological polar surface area (TPSA) is 41.6 Å². The lowest BCUT2D eigenvalue weighted by atomic mass is 10.7. The van der Waals surface area contributed by atoms with Crippen LogP contribution < -0.4 is 5.32 Å². The lowest BCUT2D eigenvalue weighted by molar-refractivity contribution is 0.220. The van der Waals surface area contributed by atoms with Crippen molar-refractivity contribution >= 4 is 14.3 Å². The molecule has 1 rings (SSSR count). The second-order valence-corrected chi connectivity index (χ2v) is 7.86. The highest BCUT2D eigenvalue weighted by Crippen LogP contribution is 2.07. The first-order valence-corrected chi connectivity index (χ1v) is 7.25. The predicted octanol–water partition coefficient (Wildman–Crippen LogP) is 0.402. The highest BCUT2D eigenvalue weighted by atomic mass is 28.4. The first-order chi connectivity index (χ1) is 5.55. The van der Waals surface area contributed by atoms with Gasteiger partial charge in [0, 0.05) is 26.4 Å². The molecule has 0 unspecified atom stereocenters. The summed E-state index contributed by atoms with van der Waals surface area (Å²) in [6, 6.07) is 0.0487. The molecule has 1 aliphatic heterocycles. The van der Waals surface area contributed by atoms with E-state index in [1.807, 2.05) is 4.90 Å². The zero-order valence-corrected chi connectivity index (χ0v) is 8.89. The van der Waals surface area contributed by atoms with Crippen LogP contribution in [0.3, 0.4) is 0 Å². The molecule has 2 amide bonds. The van der Waals surface area contributed by atoms with Crippen LogP contribution in [0.5, 0.6) is 0 Å². The molecule has 0 radical (unpaired) electrons. The molecular formula is C7H16N2O2Si. The number of hydrogen-bond acceptors (Lipinski definition) is 2. The van der Waals surface area contributed by atoms with E-state index in [4.69, 9.17) is 4.43 Å². The van der Waals surface area contributed by atoms with Gasteiger partial charge in [-0.05, 0) is 13.1 Å². The second-order valence-electron chi connectivity index (χ2n) is 3.62. The van der Waals surface area contributed by atoms with Crippen molar-refractivity contribution in [1.82, 2.24) is 10.2 Å². The number of carbonyl (C=O) groups is 1. The van der Waals surface area contributed by atoms with Crippen molar-refractivity contribution in [2.24, 2.45) is 0 Å². The molecule has 5 heteroatoms. The first-order valence-electron chi connectivity index (χ1n) is 4.13. The van der Waals surface area contributed by atoms with Gasteiger partial charge in [0.25, 0.3) is 0 Å². The molecule has 0 atom stereocenters. The van der Waals surface area contributed by atoms with Gasteiger partial charge in [-0.2, -0.15) is 0 Å². The average molecular weight is 188 g/mol. The maximum Gasteiger partial charge on any atom is 0.317 e. The highest BCUT2D eigenvalue weighted by Gasteiger charge is 2.29. The average Bonchev–Trinajstić information content (AvgIpc) is 2.36. The third kappa shape index (κ3) is 2.21. The van der Waals surface area contributed by atoms with E-state index < -0.39 is 8.32 Å². The number of nitrogens with one attached hydrogen (secondary N) is 1. The van der Waals surface area contributed by atoms with Gasteiger partial charge in [-0.15, -0.1) is 0 Å². The van der Waals surface area contributed by atoms with Crippen LogP contribution >= 0.6 is 0 Å². The molecule has 0 aliphatic carbocycles. The number of carbonyl (C=O) groups excluding carboxylic acids is 1. The zero-order chi connectivity index (χ0) is 9.19. The van der Waals surface area contributed by atoms with E-state index in [1.54, 1.807) is 7.11 Å². The summed E-state index contributed by atoms with van der Waals surface area (Å²) in [6.07, 6.45) is 0.787. The van der Waals surface area contributed by atoms with Gasteiger partial charge < -0.3 is 14.6 Å². The number of nitrogens with zero attached hydrogens (tertiary/aromatic N) is 1. The van der Waals surface area contributed by atoms with E-state index in [1.165, 1.54) is 0 Å². The molecule has 0 aromatic carbocycles. The molecule has 1 fully saturated rings. The maximum absolute atomic E-state index is 11.1. The molecule has 1 heterocycles. The Morgan fingerprint density at radius 1 is 1.67 bits per heavy atom. The van der Waals surface area contributed by atoms with E-state index in [0.29, 0.717) is 0 Å². The van der Waals surface area contributed by atoms with Crippen LogP contribution in [-0.2, 0) is 4.43 Å². The summed E-state index contributed by atoms with van der Waals surface area (Å²) < 4.78 is 5.37. The number of rotatable bonds is 3. The summed E-state index contributed by atoms with van der Waals surface area (Å²) in [5, 5.41) is 2.77. The largest absolute Gasteiger partial charge is 0.419 e. The summed E-state index contributed by atoms with van der Waals surface area (Å²) in [7, 11) is 0.103. The minimum atomic E-state index is -1.62. The molecule has 12 heavy (non-hydrogen) atoms. The van der Waals surface area contributed by atoms with Crippen LogP contribution in [0, 0.1) is 0 Å². The Balaban J connectivity index is 2.45. The van der Waals surface area contributed by atoms with Gasteiger partial charge in [-0.25, -0.2) is 4.79 Å². The Labute approximate surface area is 74.0 Å². The third-order valence-electron chi connectivity index (χ3n) is 2.07. The van der Waals surface area contributed by atoms with Crippen LogP contribution in [0.25, 0.3) is 0 Å². The maximum atomic E-state index is 11.1. The Morgan fingerprint density at radius 2 is 2.33 bits per heavy atom. The van der Waals surface area contributed by atoms with Crippen LogP contribution in [-0.4, -0.2) is 45.6 Å². The Hall–Kier alpha value is -0.553. The van der Waals surface area contributed by atoms with E-state index in [0.717, 1.165) is 19.3 Å². The van der Waals surface area contributed by atoms with Gasteiger partial charge in [0.2, 0.25) is 8.32 Å². The van der Waals surface area contributed by atoms with E-state index in [2.05, 4.69) is 18.4 Å². The zero-order valence-electron chi connectivity index (χ0n) is 7.89. The Kier molecular flexibility index (Phi) is 2.74. The summed E-state index contributed by atoms with van der Waals surface area (Å²) in [5.41, 5.74) is 0. The first kappa shape index (κ1) is 9.53. The summed E-state index contributed by atoms with van der Waals surface area (Å²) in [4.78, 5) is 13.0. The molecule has 1 aliphatic rings. The van der Waals surface area contributed by atoms with Gasteiger partial charge in [-0.1, -0.05) is 0 Å². The molecule has 0 saturated carbocycles.